The van der Waals surface area contributed by atoms with Gasteiger partial charge in [0.05, 0.1) is 27.0 Å². The number of aromatic amines is 1. The van der Waals surface area contributed by atoms with Gasteiger partial charge in [0.1, 0.15) is 32.9 Å². The number of nitrogens with zero attached hydrogens (tertiary/aromatic N) is 5. The fraction of sp³-hybridized carbons (Fsp3) is 0.0714. The van der Waals surface area contributed by atoms with Crippen LogP contribution in [0.3, 0.4) is 0 Å². The molecular formula is C28H21ClN8O3S. The molecule has 2 aromatic carbocycles. The van der Waals surface area contributed by atoms with Crippen molar-refractivity contribution >= 4 is 49.0 Å². The van der Waals surface area contributed by atoms with Gasteiger partial charge in [0.2, 0.25) is 5.16 Å². The molecule has 0 radical (unpaired) electrons. The SMILES string of the molecule is C[C@H](Nc1ncnc2[nH]ccc(=O)c12)c1c(Cl)c2cccc([S@@](=N)(=O)c3ncccn3)c2c(=O)n1-c1ccccc1. The van der Waals surface area contributed by atoms with Crippen molar-refractivity contribution < 1.29 is 4.21 Å². The highest BCUT2D eigenvalue weighted by Gasteiger charge is 2.27. The van der Waals surface area contributed by atoms with Gasteiger partial charge in [-0.2, -0.15) is 0 Å². The molecule has 0 saturated heterocycles. The highest BCUT2D eigenvalue weighted by molar-refractivity contribution is 7.92. The smallest absolute Gasteiger partial charge is 0.264 e. The first-order valence-electron chi connectivity index (χ1n) is 12.4. The Morgan fingerprint density at radius 1 is 0.951 bits per heavy atom. The average Bonchev–Trinajstić information content (AvgIpc) is 2.99. The van der Waals surface area contributed by atoms with Crippen molar-refractivity contribution in [2.24, 2.45) is 0 Å². The normalized spacial score (nSPS) is 13.6. The van der Waals surface area contributed by atoms with Crippen LogP contribution in [-0.2, 0) is 9.73 Å². The summed E-state index contributed by atoms with van der Waals surface area (Å²) in [5.41, 5.74) is 0.412. The lowest BCUT2D eigenvalue weighted by molar-refractivity contribution is 0.666. The van der Waals surface area contributed by atoms with E-state index in [9.17, 15) is 13.8 Å². The van der Waals surface area contributed by atoms with E-state index in [1.165, 1.54) is 41.6 Å². The first-order valence-corrected chi connectivity index (χ1v) is 14.3. The summed E-state index contributed by atoms with van der Waals surface area (Å²) in [6, 6.07) is 15.8. The van der Waals surface area contributed by atoms with Gasteiger partial charge in [0, 0.05) is 35.7 Å². The molecule has 204 valence electrons. The molecule has 0 aliphatic rings. The summed E-state index contributed by atoms with van der Waals surface area (Å²) in [6.45, 7) is 1.78. The van der Waals surface area contributed by atoms with Gasteiger partial charge in [-0.05, 0) is 31.2 Å². The number of fused-ring (bicyclic) bond motifs is 2. The Morgan fingerprint density at radius 3 is 2.46 bits per heavy atom. The number of hydrogen-bond donors (Lipinski definition) is 3. The lowest BCUT2D eigenvalue weighted by Crippen LogP contribution is -2.27. The van der Waals surface area contributed by atoms with Gasteiger partial charge in [-0.15, -0.1) is 0 Å². The van der Waals surface area contributed by atoms with Gasteiger partial charge in [-0.25, -0.2) is 28.9 Å². The fourth-order valence-corrected chi connectivity index (χ4v) is 6.55. The number of rotatable bonds is 6. The van der Waals surface area contributed by atoms with Crippen LogP contribution in [0.15, 0.2) is 105 Å². The standard InChI is InChI=1S/C28H21ClN8O3S/c1-16(36-26-22-19(38)11-14-31-25(22)34-15-35-26)24-23(29)18-9-5-10-20(41(30,40)28-32-12-6-13-33-28)21(18)27(39)37(24)17-7-3-2-4-8-17/h2-16,30H,1H3,(H2,31,34,35,36,38)/t16-,41+/m0/s1. The summed E-state index contributed by atoms with van der Waals surface area (Å²) < 4.78 is 24.0. The highest BCUT2D eigenvalue weighted by Crippen LogP contribution is 2.36. The van der Waals surface area contributed by atoms with Gasteiger partial charge >= 0.3 is 0 Å². The molecule has 0 aliphatic carbocycles. The van der Waals surface area contributed by atoms with E-state index in [2.05, 4.69) is 30.2 Å². The summed E-state index contributed by atoms with van der Waals surface area (Å²) in [5, 5.41) is 3.80. The number of nitrogens with one attached hydrogen (secondary N) is 3. The average molecular weight is 585 g/mol. The zero-order valence-corrected chi connectivity index (χ0v) is 23.0. The summed E-state index contributed by atoms with van der Waals surface area (Å²) >= 11 is 7.06. The van der Waals surface area contributed by atoms with Crippen LogP contribution in [0.1, 0.15) is 18.7 Å². The summed E-state index contributed by atoms with van der Waals surface area (Å²) in [7, 11) is -3.78. The molecule has 13 heteroatoms. The molecule has 3 N–H and O–H groups in total. The van der Waals surface area contributed by atoms with Crippen molar-refractivity contribution in [1.82, 2.24) is 29.5 Å². The second-order valence-corrected chi connectivity index (χ2v) is 11.4. The van der Waals surface area contributed by atoms with Crippen LogP contribution in [0.2, 0.25) is 5.02 Å². The van der Waals surface area contributed by atoms with E-state index in [-0.39, 0.29) is 37.1 Å². The number of aromatic nitrogens is 6. The Bertz CT molecular complexity index is 2160. The Kier molecular flexibility index (Phi) is 6.56. The Balaban J connectivity index is 1.63. The molecule has 0 fully saturated rings. The third-order valence-electron chi connectivity index (χ3n) is 6.58. The second-order valence-electron chi connectivity index (χ2n) is 9.10. The van der Waals surface area contributed by atoms with Crippen molar-refractivity contribution in [2.45, 2.75) is 23.0 Å². The maximum absolute atomic E-state index is 14.4. The van der Waals surface area contributed by atoms with Gasteiger partial charge in [0.25, 0.3) is 5.56 Å². The minimum absolute atomic E-state index is 0.0219. The Hall–Kier alpha value is -4.94. The Morgan fingerprint density at radius 2 is 1.71 bits per heavy atom. The van der Waals surface area contributed by atoms with Crippen LogP contribution in [0.5, 0.6) is 0 Å². The van der Waals surface area contributed by atoms with Crippen LogP contribution < -0.4 is 16.3 Å². The van der Waals surface area contributed by atoms with E-state index < -0.39 is 21.3 Å². The predicted molar refractivity (Wildman–Crippen MR) is 156 cm³/mol. The molecule has 0 unspecified atom stereocenters. The van der Waals surface area contributed by atoms with E-state index in [4.69, 9.17) is 16.4 Å². The molecule has 6 rings (SSSR count). The van der Waals surface area contributed by atoms with E-state index >= 15 is 0 Å². The molecule has 0 amide bonds. The molecule has 4 heterocycles. The highest BCUT2D eigenvalue weighted by atomic mass is 35.5. The van der Waals surface area contributed by atoms with Gasteiger partial charge in [-0.3, -0.25) is 14.2 Å². The van der Waals surface area contributed by atoms with Crippen LogP contribution in [-0.4, -0.2) is 33.7 Å². The van der Waals surface area contributed by atoms with Gasteiger partial charge < -0.3 is 10.3 Å². The maximum Gasteiger partial charge on any atom is 0.264 e. The molecule has 4 aromatic heterocycles. The second kappa shape index (κ2) is 10.2. The Labute approximate surface area is 237 Å². The van der Waals surface area contributed by atoms with Gasteiger partial charge in [0.15, 0.2) is 5.43 Å². The molecule has 6 aromatic rings. The third-order valence-corrected chi connectivity index (χ3v) is 8.66. The largest absolute Gasteiger partial charge is 0.361 e. The molecule has 0 spiro atoms. The molecule has 2 atom stereocenters. The lowest BCUT2D eigenvalue weighted by atomic mass is 10.1. The topological polar surface area (TPSA) is 159 Å². The maximum atomic E-state index is 14.4. The zero-order valence-electron chi connectivity index (χ0n) is 21.4. The zero-order chi connectivity index (χ0) is 28.7. The monoisotopic (exact) mass is 584 g/mol. The number of H-pyrrole nitrogens is 1. The van der Waals surface area contributed by atoms with E-state index in [1.54, 1.807) is 49.4 Å². The first kappa shape index (κ1) is 26.3. The number of hydrogen-bond acceptors (Lipinski definition) is 9. The van der Waals surface area contributed by atoms with Crippen LogP contribution in [0.25, 0.3) is 27.5 Å². The molecular weight excluding hydrogens is 564 g/mol. The van der Waals surface area contributed by atoms with E-state index in [0.717, 1.165) is 0 Å². The number of benzene rings is 2. The molecule has 0 aliphatic heterocycles. The summed E-state index contributed by atoms with van der Waals surface area (Å²) in [4.78, 5) is 46.4. The lowest BCUT2D eigenvalue weighted by Gasteiger charge is -2.24. The number of halogens is 1. The summed E-state index contributed by atoms with van der Waals surface area (Å²) in [6.07, 6.45) is 5.61. The van der Waals surface area contributed by atoms with E-state index in [0.29, 0.717) is 22.4 Å². The fourth-order valence-electron chi connectivity index (χ4n) is 4.77. The van der Waals surface area contributed by atoms with Crippen molar-refractivity contribution in [3.8, 4) is 5.69 Å². The van der Waals surface area contributed by atoms with Crippen molar-refractivity contribution in [3.63, 3.8) is 0 Å². The van der Waals surface area contributed by atoms with Crippen molar-refractivity contribution in [2.75, 3.05) is 5.32 Å². The molecule has 11 nitrogen and oxygen atoms in total. The van der Waals surface area contributed by atoms with Crippen LogP contribution in [0.4, 0.5) is 5.82 Å². The number of anilines is 1. The van der Waals surface area contributed by atoms with Crippen LogP contribution in [0, 0.1) is 4.78 Å². The molecule has 41 heavy (non-hydrogen) atoms. The third kappa shape index (κ3) is 4.42. The quantitative estimate of drug-likeness (QED) is 0.237. The first-order chi connectivity index (χ1) is 19.8. The van der Waals surface area contributed by atoms with Crippen LogP contribution >= 0.6 is 11.6 Å². The number of pyridine rings is 2. The van der Waals surface area contributed by atoms with Gasteiger partial charge in [-0.1, -0.05) is 41.9 Å². The van der Waals surface area contributed by atoms with Crippen molar-refractivity contribution in [1.29, 1.82) is 4.78 Å². The predicted octanol–water partition coefficient (Wildman–Crippen LogP) is 4.70. The van der Waals surface area contributed by atoms with E-state index in [1.807, 2.05) is 6.07 Å². The number of para-hydroxylation sites is 1. The minimum Gasteiger partial charge on any atom is -0.361 e. The molecule has 0 saturated carbocycles. The minimum atomic E-state index is -3.78. The summed E-state index contributed by atoms with van der Waals surface area (Å²) in [5.74, 6) is 0.261. The van der Waals surface area contributed by atoms with Crippen molar-refractivity contribution in [3.05, 3.63) is 117 Å². The molecule has 0 bridgehead atoms.